The normalized spacial score (nSPS) is 16.7. The highest BCUT2D eigenvalue weighted by molar-refractivity contribution is 7.12. The third-order valence-electron chi connectivity index (χ3n) is 3.92. The first-order valence-corrected chi connectivity index (χ1v) is 8.03. The number of thiophene rings is 1. The van der Waals surface area contributed by atoms with Crippen LogP contribution in [0.25, 0.3) is 0 Å². The Balaban J connectivity index is 1.58. The quantitative estimate of drug-likeness (QED) is 0.862. The predicted molar refractivity (Wildman–Crippen MR) is 84.4 cm³/mol. The number of aryl methyl sites for hydroxylation is 1. The number of hydrogen-bond donors (Lipinski definition) is 1. The van der Waals surface area contributed by atoms with Crippen LogP contribution in [0.2, 0.25) is 0 Å². The van der Waals surface area contributed by atoms with Gasteiger partial charge in [-0.05, 0) is 36.1 Å². The molecule has 0 aliphatic heterocycles. The molecule has 2 aromatic rings. The molecule has 3 rings (SSSR count). The largest absolute Gasteiger partial charge is 0.469 e. The summed E-state index contributed by atoms with van der Waals surface area (Å²) in [7, 11) is 1.43. The summed E-state index contributed by atoms with van der Waals surface area (Å²) in [5, 5.41) is 3.63. The highest BCUT2D eigenvalue weighted by atomic mass is 32.1. The second kappa shape index (κ2) is 6.41. The Kier molecular flexibility index (Phi) is 4.36. The maximum absolute atomic E-state index is 11.3. The van der Waals surface area contributed by atoms with Crippen LogP contribution < -0.4 is 5.32 Å². The fraction of sp³-hybridized carbons (Fsp3) is 0.353. The first-order valence-electron chi connectivity index (χ1n) is 7.22. The van der Waals surface area contributed by atoms with Crippen LogP contribution in [0.15, 0.2) is 36.4 Å². The predicted octanol–water partition coefficient (Wildman–Crippen LogP) is 3.24. The SMILES string of the molecule is COC(=O)Cc1ccc(CNC2CCc3ccccc32)s1. The number of carbonyl (C=O) groups excluding carboxylic acids is 1. The van der Waals surface area contributed by atoms with Gasteiger partial charge in [-0.1, -0.05) is 24.3 Å². The molecule has 1 aliphatic rings. The van der Waals surface area contributed by atoms with Crippen LogP contribution in [-0.4, -0.2) is 13.1 Å². The molecule has 0 fully saturated rings. The van der Waals surface area contributed by atoms with E-state index in [1.807, 2.05) is 6.07 Å². The van der Waals surface area contributed by atoms with Crippen LogP contribution in [-0.2, 0) is 28.9 Å². The topological polar surface area (TPSA) is 38.3 Å². The van der Waals surface area contributed by atoms with Gasteiger partial charge in [-0.25, -0.2) is 0 Å². The van der Waals surface area contributed by atoms with Gasteiger partial charge in [0, 0.05) is 22.3 Å². The van der Waals surface area contributed by atoms with E-state index in [1.165, 1.54) is 29.5 Å². The summed E-state index contributed by atoms with van der Waals surface area (Å²) in [6.45, 7) is 0.852. The van der Waals surface area contributed by atoms with Crippen molar-refractivity contribution in [1.29, 1.82) is 0 Å². The van der Waals surface area contributed by atoms with E-state index in [9.17, 15) is 4.79 Å². The molecule has 3 nitrogen and oxygen atoms in total. The van der Waals surface area contributed by atoms with Gasteiger partial charge in [-0.15, -0.1) is 11.3 Å². The van der Waals surface area contributed by atoms with E-state index < -0.39 is 0 Å². The molecule has 0 spiro atoms. The number of nitrogens with one attached hydrogen (secondary N) is 1. The molecule has 1 aromatic heterocycles. The molecule has 1 unspecified atom stereocenters. The second-order valence-corrected chi connectivity index (χ2v) is 6.54. The van der Waals surface area contributed by atoms with Crippen molar-refractivity contribution in [1.82, 2.24) is 5.32 Å². The zero-order valence-electron chi connectivity index (χ0n) is 12.1. The van der Waals surface area contributed by atoms with E-state index in [-0.39, 0.29) is 5.97 Å². The number of benzene rings is 1. The van der Waals surface area contributed by atoms with Gasteiger partial charge >= 0.3 is 5.97 Å². The molecule has 1 atom stereocenters. The van der Waals surface area contributed by atoms with Crippen molar-refractivity contribution in [2.45, 2.75) is 31.8 Å². The molecule has 0 amide bonds. The molecule has 1 N–H and O–H groups in total. The van der Waals surface area contributed by atoms with Gasteiger partial charge in [-0.2, -0.15) is 0 Å². The number of fused-ring (bicyclic) bond motifs is 1. The summed E-state index contributed by atoms with van der Waals surface area (Å²) in [5.41, 5.74) is 2.90. The number of methoxy groups -OCH3 is 1. The zero-order valence-corrected chi connectivity index (χ0v) is 12.9. The standard InChI is InChI=1S/C17H19NO2S/c1-20-17(19)10-13-7-8-14(21-13)11-18-16-9-6-12-4-2-3-5-15(12)16/h2-5,7-8,16,18H,6,9-11H2,1H3. The highest BCUT2D eigenvalue weighted by Gasteiger charge is 2.21. The van der Waals surface area contributed by atoms with E-state index in [2.05, 4.69) is 35.6 Å². The van der Waals surface area contributed by atoms with Crippen LogP contribution in [0.5, 0.6) is 0 Å². The van der Waals surface area contributed by atoms with Gasteiger partial charge in [0.15, 0.2) is 0 Å². The van der Waals surface area contributed by atoms with E-state index in [1.54, 1.807) is 11.3 Å². The first-order chi connectivity index (χ1) is 10.3. The number of carbonyl (C=O) groups is 1. The fourth-order valence-corrected chi connectivity index (χ4v) is 3.77. The highest BCUT2D eigenvalue weighted by Crippen LogP contribution is 2.31. The van der Waals surface area contributed by atoms with Crippen LogP contribution in [0, 0.1) is 0 Å². The van der Waals surface area contributed by atoms with Gasteiger partial charge in [0.05, 0.1) is 13.5 Å². The lowest BCUT2D eigenvalue weighted by molar-refractivity contribution is -0.139. The maximum atomic E-state index is 11.3. The van der Waals surface area contributed by atoms with Crippen molar-refractivity contribution in [3.05, 3.63) is 57.3 Å². The molecule has 110 valence electrons. The van der Waals surface area contributed by atoms with Crippen molar-refractivity contribution in [3.63, 3.8) is 0 Å². The summed E-state index contributed by atoms with van der Waals surface area (Å²) in [5.74, 6) is -0.180. The average Bonchev–Trinajstić information content (AvgIpc) is 3.11. The van der Waals surface area contributed by atoms with E-state index in [0.717, 1.165) is 17.8 Å². The Labute approximate surface area is 129 Å². The van der Waals surface area contributed by atoms with Crippen LogP contribution in [0.1, 0.15) is 33.3 Å². The number of rotatable bonds is 5. The van der Waals surface area contributed by atoms with Crippen molar-refractivity contribution in [3.8, 4) is 0 Å². The smallest absolute Gasteiger partial charge is 0.310 e. The van der Waals surface area contributed by atoms with Crippen molar-refractivity contribution < 1.29 is 9.53 Å². The minimum Gasteiger partial charge on any atom is -0.469 e. The van der Waals surface area contributed by atoms with Crippen LogP contribution in [0.3, 0.4) is 0 Å². The zero-order chi connectivity index (χ0) is 14.7. The molecule has 4 heteroatoms. The monoisotopic (exact) mass is 301 g/mol. The van der Waals surface area contributed by atoms with Crippen molar-refractivity contribution >= 4 is 17.3 Å². The molecule has 1 aromatic carbocycles. The van der Waals surface area contributed by atoms with Crippen molar-refractivity contribution in [2.75, 3.05) is 7.11 Å². The average molecular weight is 301 g/mol. The Morgan fingerprint density at radius 3 is 2.95 bits per heavy atom. The second-order valence-electron chi connectivity index (χ2n) is 5.29. The molecule has 1 aliphatic carbocycles. The van der Waals surface area contributed by atoms with Gasteiger partial charge in [0.2, 0.25) is 0 Å². The third kappa shape index (κ3) is 3.34. The minimum absolute atomic E-state index is 0.180. The summed E-state index contributed by atoms with van der Waals surface area (Å²) in [4.78, 5) is 13.6. The van der Waals surface area contributed by atoms with Gasteiger partial charge in [0.25, 0.3) is 0 Å². The lowest BCUT2D eigenvalue weighted by atomic mass is 10.1. The molecular weight excluding hydrogens is 282 g/mol. The molecule has 0 saturated heterocycles. The Hall–Kier alpha value is -1.65. The molecule has 0 bridgehead atoms. The summed E-state index contributed by atoms with van der Waals surface area (Å²) >= 11 is 1.68. The third-order valence-corrected chi connectivity index (χ3v) is 5.00. The Morgan fingerprint density at radius 2 is 2.10 bits per heavy atom. The lowest BCUT2D eigenvalue weighted by Gasteiger charge is -2.13. The van der Waals surface area contributed by atoms with Crippen LogP contribution >= 0.6 is 11.3 Å². The maximum Gasteiger partial charge on any atom is 0.310 e. The Morgan fingerprint density at radius 1 is 1.29 bits per heavy atom. The van der Waals surface area contributed by atoms with Gasteiger partial charge in [-0.3, -0.25) is 4.79 Å². The van der Waals surface area contributed by atoms with Gasteiger partial charge in [0.1, 0.15) is 0 Å². The van der Waals surface area contributed by atoms with E-state index >= 15 is 0 Å². The van der Waals surface area contributed by atoms with Crippen LogP contribution in [0.4, 0.5) is 0 Å². The lowest BCUT2D eigenvalue weighted by Crippen LogP contribution is -2.17. The molecule has 21 heavy (non-hydrogen) atoms. The number of hydrogen-bond acceptors (Lipinski definition) is 4. The minimum atomic E-state index is -0.180. The summed E-state index contributed by atoms with van der Waals surface area (Å²) < 4.78 is 4.70. The van der Waals surface area contributed by atoms with E-state index in [4.69, 9.17) is 4.74 Å². The number of esters is 1. The molecule has 0 radical (unpaired) electrons. The Bertz CT molecular complexity index is 635. The van der Waals surface area contributed by atoms with Crippen molar-refractivity contribution in [2.24, 2.45) is 0 Å². The van der Waals surface area contributed by atoms with Gasteiger partial charge < -0.3 is 10.1 Å². The molecule has 0 saturated carbocycles. The molecule has 1 heterocycles. The first kappa shape index (κ1) is 14.3. The number of ether oxygens (including phenoxy) is 1. The fourth-order valence-electron chi connectivity index (χ4n) is 2.82. The summed E-state index contributed by atoms with van der Waals surface area (Å²) in [6, 6.07) is 13.2. The van der Waals surface area contributed by atoms with E-state index in [0.29, 0.717) is 12.5 Å². The summed E-state index contributed by atoms with van der Waals surface area (Å²) in [6.07, 6.45) is 2.69. The molecular formula is C17H19NO2S.